The second-order valence-electron chi connectivity index (χ2n) is 6.22. The lowest BCUT2D eigenvalue weighted by Gasteiger charge is -2.05. The minimum Gasteiger partial charge on any atom is -0.419 e. The fourth-order valence-corrected chi connectivity index (χ4v) is 2.98. The summed E-state index contributed by atoms with van der Waals surface area (Å²) in [5.74, 6) is 0.816. The van der Waals surface area contributed by atoms with E-state index in [1.807, 2.05) is 48.9 Å². The molecule has 0 aliphatic carbocycles. The normalized spacial score (nSPS) is 10.9. The van der Waals surface area contributed by atoms with Crippen LogP contribution in [0, 0.1) is 6.92 Å². The molecule has 7 nitrogen and oxygen atoms in total. The van der Waals surface area contributed by atoms with Gasteiger partial charge in [-0.3, -0.25) is 9.48 Å². The highest BCUT2D eigenvalue weighted by atomic mass is 35.5. The number of aryl methyl sites for hydroxylation is 3. The molecule has 0 spiro atoms. The summed E-state index contributed by atoms with van der Waals surface area (Å²) in [5.41, 5.74) is 2.78. The van der Waals surface area contributed by atoms with Crippen LogP contribution in [0.4, 0.5) is 0 Å². The summed E-state index contributed by atoms with van der Waals surface area (Å²) in [4.78, 5) is 12.0. The average molecular weight is 388 g/mol. The molecule has 27 heavy (non-hydrogen) atoms. The smallest absolute Gasteiger partial charge is 0.265 e. The monoisotopic (exact) mass is 387 g/mol. The van der Waals surface area contributed by atoms with Crippen molar-refractivity contribution in [2.45, 2.75) is 39.7 Å². The zero-order valence-electron chi connectivity index (χ0n) is 15.4. The quantitative estimate of drug-likeness (QED) is 0.641. The number of amides is 1. The average Bonchev–Trinajstić information content (AvgIpc) is 3.26. The molecule has 2 aromatic heterocycles. The van der Waals surface area contributed by atoms with Gasteiger partial charge in [-0.25, -0.2) is 0 Å². The van der Waals surface area contributed by atoms with Gasteiger partial charge >= 0.3 is 0 Å². The molecule has 142 valence electrons. The highest BCUT2D eigenvalue weighted by molar-refractivity contribution is 6.30. The number of benzene rings is 1. The van der Waals surface area contributed by atoms with Gasteiger partial charge in [0.15, 0.2) is 0 Å². The van der Waals surface area contributed by atoms with Crippen LogP contribution in [0.5, 0.6) is 0 Å². The van der Waals surface area contributed by atoms with Gasteiger partial charge in [-0.2, -0.15) is 5.10 Å². The maximum atomic E-state index is 12.0. The summed E-state index contributed by atoms with van der Waals surface area (Å²) in [6.07, 6.45) is 1.43. The van der Waals surface area contributed by atoms with Crippen LogP contribution in [0.15, 0.2) is 34.7 Å². The Morgan fingerprint density at radius 1 is 1.26 bits per heavy atom. The predicted molar refractivity (Wildman–Crippen MR) is 102 cm³/mol. The lowest BCUT2D eigenvalue weighted by molar-refractivity contribution is -0.121. The number of nitrogens with zero attached hydrogens (tertiary/aromatic N) is 4. The van der Waals surface area contributed by atoms with Crippen molar-refractivity contribution in [1.29, 1.82) is 0 Å². The molecule has 1 amide bonds. The number of rotatable bonds is 8. The zero-order valence-corrected chi connectivity index (χ0v) is 16.2. The van der Waals surface area contributed by atoms with Gasteiger partial charge in [-0.15, -0.1) is 10.2 Å². The van der Waals surface area contributed by atoms with Crippen LogP contribution < -0.4 is 5.32 Å². The molecule has 0 fully saturated rings. The summed E-state index contributed by atoms with van der Waals surface area (Å²) in [5, 5.41) is 16.1. The van der Waals surface area contributed by atoms with Crippen LogP contribution in [-0.4, -0.2) is 32.4 Å². The van der Waals surface area contributed by atoms with E-state index in [9.17, 15) is 4.79 Å². The number of hydrogen-bond donors (Lipinski definition) is 1. The second kappa shape index (κ2) is 8.81. The van der Waals surface area contributed by atoms with Crippen LogP contribution in [0.3, 0.4) is 0 Å². The molecule has 3 rings (SSSR count). The molecular weight excluding hydrogens is 366 g/mol. The number of nitrogens with one attached hydrogen (secondary N) is 1. The number of carbonyl (C=O) groups excluding carboxylic acids is 1. The molecule has 0 saturated carbocycles. The van der Waals surface area contributed by atoms with Crippen LogP contribution in [-0.2, 0) is 24.2 Å². The third kappa shape index (κ3) is 5.17. The summed E-state index contributed by atoms with van der Waals surface area (Å²) in [7, 11) is 0. The molecule has 0 unspecified atom stereocenters. The first-order chi connectivity index (χ1) is 13.0. The Kier molecular flexibility index (Phi) is 6.24. The molecular formula is C19H22ClN5O2. The fraction of sp³-hybridized carbons (Fsp3) is 0.368. The molecule has 0 atom stereocenters. The lowest BCUT2D eigenvalue weighted by Crippen LogP contribution is -2.25. The van der Waals surface area contributed by atoms with Crippen molar-refractivity contribution in [3.8, 4) is 11.6 Å². The van der Waals surface area contributed by atoms with Crippen molar-refractivity contribution in [3.05, 3.63) is 52.5 Å². The predicted octanol–water partition coefficient (Wildman–Crippen LogP) is 3.21. The van der Waals surface area contributed by atoms with E-state index in [4.69, 9.17) is 16.0 Å². The highest BCUT2D eigenvalue weighted by Crippen LogP contribution is 2.19. The first-order valence-corrected chi connectivity index (χ1v) is 9.31. The molecule has 0 bridgehead atoms. The van der Waals surface area contributed by atoms with E-state index >= 15 is 0 Å². The minimum absolute atomic E-state index is 0.0498. The topological polar surface area (TPSA) is 85.8 Å². The standard InChI is InChI=1S/C19H22ClN5O2/c1-3-25-16(11-13(2)24-25)19-23-22-18(27-19)8-7-17(26)21-10-9-14-5-4-6-15(20)12-14/h4-6,11-12H,3,7-10H2,1-2H3,(H,21,26). The molecule has 3 aromatic rings. The van der Waals surface area contributed by atoms with E-state index in [2.05, 4.69) is 20.6 Å². The second-order valence-corrected chi connectivity index (χ2v) is 6.65. The molecule has 0 radical (unpaired) electrons. The molecule has 1 N–H and O–H groups in total. The SMILES string of the molecule is CCn1nc(C)cc1-c1nnc(CCC(=O)NCCc2cccc(Cl)c2)o1. The van der Waals surface area contributed by atoms with Crippen molar-refractivity contribution in [3.63, 3.8) is 0 Å². The Hall–Kier alpha value is -2.67. The van der Waals surface area contributed by atoms with Gasteiger partial charge in [0, 0.05) is 31.0 Å². The molecule has 8 heteroatoms. The molecule has 0 aliphatic heterocycles. The Morgan fingerprint density at radius 2 is 2.11 bits per heavy atom. The van der Waals surface area contributed by atoms with Crippen molar-refractivity contribution in [1.82, 2.24) is 25.3 Å². The van der Waals surface area contributed by atoms with Gasteiger partial charge in [0.05, 0.1) is 5.69 Å². The first-order valence-electron chi connectivity index (χ1n) is 8.93. The summed E-state index contributed by atoms with van der Waals surface area (Å²) in [6.45, 7) is 5.20. The van der Waals surface area contributed by atoms with Gasteiger partial charge in [0.1, 0.15) is 5.69 Å². The van der Waals surface area contributed by atoms with E-state index < -0.39 is 0 Å². The number of halogens is 1. The Morgan fingerprint density at radius 3 is 2.89 bits per heavy atom. The van der Waals surface area contributed by atoms with E-state index in [1.165, 1.54) is 0 Å². The zero-order chi connectivity index (χ0) is 19.2. The summed E-state index contributed by atoms with van der Waals surface area (Å²) < 4.78 is 7.50. The van der Waals surface area contributed by atoms with Gasteiger partial charge in [0.2, 0.25) is 11.8 Å². The van der Waals surface area contributed by atoms with Crippen molar-refractivity contribution in [2.75, 3.05) is 6.54 Å². The van der Waals surface area contributed by atoms with E-state index in [0.29, 0.717) is 36.2 Å². The van der Waals surface area contributed by atoms with Crippen LogP contribution >= 0.6 is 11.6 Å². The lowest BCUT2D eigenvalue weighted by atomic mass is 10.1. The molecule has 0 aliphatic rings. The maximum absolute atomic E-state index is 12.0. The van der Waals surface area contributed by atoms with E-state index in [1.54, 1.807) is 0 Å². The van der Waals surface area contributed by atoms with Crippen molar-refractivity contribution >= 4 is 17.5 Å². The largest absolute Gasteiger partial charge is 0.419 e. The maximum Gasteiger partial charge on any atom is 0.265 e. The third-order valence-electron chi connectivity index (χ3n) is 4.08. The number of aromatic nitrogens is 4. The van der Waals surface area contributed by atoms with E-state index in [0.717, 1.165) is 29.9 Å². The minimum atomic E-state index is -0.0498. The van der Waals surface area contributed by atoms with E-state index in [-0.39, 0.29) is 5.91 Å². The first kappa shape index (κ1) is 19.1. The van der Waals surface area contributed by atoms with Crippen molar-refractivity contribution < 1.29 is 9.21 Å². The summed E-state index contributed by atoms with van der Waals surface area (Å²) >= 11 is 5.95. The third-order valence-corrected chi connectivity index (χ3v) is 4.31. The molecule has 1 aromatic carbocycles. The highest BCUT2D eigenvalue weighted by Gasteiger charge is 2.15. The number of carbonyl (C=O) groups is 1. The molecule has 2 heterocycles. The van der Waals surface area contributed by atoms with Crippen LogP contribution in [0.25, 0.3) is 11.6 Å². The number of hydrogen-bond acceptors (Lipinski definition) is 5. The van der Waals surface area contributed by atoms with Gasteiger partial charge in [-0.05, 0) is 44.0 Å². The fourth-order valence-electron chi connectivity index (χ4n) is 2.76. The van der Waals surface area contributed by atoms with Crippen LogP contribution in [0.2, 0.25) is 5.02 Å². The Labute approximate surface area is 162 Å². The molecule has 0 saturated heterocycles. The summed E-state index contributed by atoms with van der Waals surface area (Å²) in [6, 6.07) is 9.52. The van der Waals surface area contributed by atoms with Crippen LogP contribution in [0.1, 0.15) is 30.5 Å². The Balaban J connectivity index is 1.47. The Bertz CT molecular complexity index is 918. The van der Waals surface area contributed by atoms with Crippen molar-refractivity contribution in [2.24, 2.45) is 0 Å². The van der Waals surface area contributed by atoms with Gasteiger partial charge in [-0.1, -0.05) is 23.7 Å². The van der Waals surface area contributed by atoms with Gasteiger partial charge < -0.3 is 9.73 Å². The van der Waals surface area contributed by atoms with Gasteiger partial charge in [0.25, 0.3) is 5.89 Å².